The van der Waals surface area contributed by atoms with Crippen molar-refractivity contribution in [2.24, 2.45) is 16.6 Å². The van der Waals surface area contributed by atoms with Crippen LogP contribution in [0.3, 0.4) is 0 Å². The molecule has 0 aromatic carbocycles. The Kier molecular flexibility index (Phi) is 16.0. The Morgan fingerprint density at radius 3 is 2.22 bits per heavy atom. The lowest BCUT2D eigenvalue weighted by Crippen LogP contribution is -2.54. The van der Waals surface area contributed by atoms with Crippen LogP contribution in [0.5, 0.6) is 0 Å². The molecule has 0 saturated carbocycles. The van der Waals surface area contributed by atoms with Crippen LogP contribution in [0, 0.1) is 5.92 Å². The molecular weight excluding hydrogens is 415 g/mol. The first-order valence-corrected chi connectivity index (χ1v) is 11.2. The molecule has 0 aromatic heterocycles. The number of carbonyl (C=O) groups is 3. The molecule has 0 saturated heterocycles. The molecule has 0 radical (unpaired) electrons. The lowest BCUT2D eigenvalue weighted by atomic mass is 9.75. The molecule has 32 heavy (non-hydrogen) atoms. The fraction of sp³-hybridized carbons (Fsp3) is 0.800. The van der Waals surface area contributed by atoms with Crippen molar-refractivity contribution in [1.82, 2.24) is 21.3 Å². The fourth-order valence-electron chi connectivity index (χ4n) is 3.04. The third kappa shape index (κ3) is 15.5. The largest absolute Gasteiger partial charge is 0.475 e. The van der Waals surface area contributed by atoms with Gasteiger partial charge in [-0.25, -0.2) is 0 Å². The maximum atomic E-state index is 12.8. The summed E-state index contributed by atoms with van der Waals surface area (Å²) < 4.78 is 0. The fourth-order valence-corrected chi connectivity index (χ4v) is 3.04. The Hall–Kier alpha value is -2.34. The van der Waals surface area contributed by atoms with Crippen molar-refractivity contribution in [2.45, 2.75) is 77.7 Å². The SMILES string of the molecule is CN=C(N)NCCC[C@H](NC(=O)CCCCCNC(C)=O)C(=O)N[C@@H](CC(C)C)B(O)O. The molecule has 0 unspecified atom stereocenters. The number of carbonyl (C=O) groups excluding carboxylic acids is 3. The number of aliphatic imine (C=N–C) groups is 1. The van der Waals surface area contributed by atoms with Crippen molar-refractivity contribution in [2.75, 3.05) is 20.1 Å². The van der Waals surface area contributed by atoms with E-state index < -0.39 is 25.0 Å². The number of amides is 3. The highest BCUT2D eigenvalue weighted by atomic mass is 16.4. The van der Waals surface area contributed by atoms with Gasteiger partial charge in [-0.2, -0.15) is 0 Å². The van der Waals surface area contributed by atoms with Crippen molar-refractivity contribution in [3.8, 4) is 0 Å². The van der Waals surface area contributed by atoms with Gasteiger partial charge in [0.05, 0.1) is 5.94 Å². The third-order valence-corrected chi connectivity index (χ3v) is 4.74. The summed E-state index contributed by atoms with van der Waals surface area (Å²) in [4.78, 5) is 39.8. The minimum absolute atomic E-state index is 0.0816. The zero-order valence-corrected chi connectivity index (χ0v) is 19.8. The Bertz CT molecular complexity index is 603. The number of unbranched alkanes of at least 4 members (excludes halogenated alkanes) is 2. The average molecular weight is 456 g/mol. The van der Waals surface area contributed by atoms with E-state index in [2.05, 4.69) is 26.3 Å². The predicted molar refractivity (Wildman–Crippen MR) is 125 cm³/mol. The van der Waals surface area contributed by atoms with Crippen LogP contribution in [0.25, 0.3) is 0 Å². The van der Waals surface area contributed by atoms with Gasteiger partial charge in [-0.15, -0.1) is 0 Å². The van der Waals surface area contributed by atoms with Crippen LogP contribution in [0.15, 0.2) is 4.99 Å². The molecule has 11 nitrogen and oxygen atoms in total. The zero-order chi connectivity index (χ0) is 24.5. The Morgan fingerprint density at radius 2 is 1.66 bits per heavy atom. The Labute approximate surface area is 191 Å². The number of hydrogen-bond acceptors (Lipinski definition) is 6. The first kappa shape index (κ1) is 29.7. The molecule has 12 heteroatoms. The highest BCUT2D eigenvalue weighted by Crippen LogP contribution is 2.08. The van der Waals surface area contributed by atoms with Gasteiger partial charge in [0, 0.05) is 33.5 Å². The van der Waals surface area contributed by atoms with Gasteiger partial charge in [0.25, 0.3) is 0 Å². The van der Waals surface area contributed by atoms with Crippen LogP contribution >= 0.6 is 0 Å². The Morgan fingerprint density at radius 1 is 1.00 bits per heavy atom. The van der Waals surface area contributed by atoms with Crippen molar-refractivity contribution in [1.29, 1.82) is 0 Å². The molecule has 0 aliphatic carbocycles. The minimum Gasteiger partial charge on any atom is -0.426 e. The highest BCUT2D eigenvalue weighted by Gasteiger charge is 2.29. The van der Waals surface area contributed by atoms with Crippen LogP contribution in [-0.2, 0) is 14.4 Å². The van der Waals surface area contributed by atoms with Crippen molar-refractivity contribution in [3.05, 3.63) is 0 Å². The van der Waals surface area contributed by atoms with Crippen LogP contribution in [0.1, 0.15) is 65.7 Å². The summed E-state index contributed by atoms with van der Waals surface area (Å²) in [5, 5.41) is 30.2. The number of rotatable bonds is 16. The number of nitrogens with one attached hydrogen (secondary N) is 4. The highest BCUT2D eigenvalue weighted by molar-refractivity contribution is 6.43. The third-order valence-electron chi connectivity index (χ3n) is 4.74. The van der Waals surface area contributed by atoms with Gasteiger partial charge < -0.3 is 37.0 Å². The lowest BCUT2D eigenvalue weighted by Gasteiger charge is -2.24. The molecular formula is C20H41BN6O5. The van der Waals surface area contributed by atoms with Crippen LogP contribution < -0.4 is 27.0 Å². The summed E-state index contributed by atoms with van der Waals surface area (Å²) in [5.41, 5.74) is 5.59. The number of hydrogen-bond donors (Lipinski definition) is 7. The average Bonchev–Trinajstić information content (AvgIpc) is 2.71. The van der Waals surface area contributed by atoms with Crippen LogP contribution in [0.2, 0.25) is 0 Å². The quantitative estimate of drug-likeness (QED) is 0.0675. The van der Waals surface area contributed by atoms with Gasteiger partial charge in [0.2, 0.25) is 17.7 Å². The smallest absolute Gasteiger partial charge is 0.426 e. The normalized spacial score (nSPS) is 13.3. The maximum absolute atomic E-state index is 12.8. The molecule has 0 aliphatic rings. The Balaban J connectivity index is 4.77. The van der Waals surface area contributed by atoms with Gasteiger partial charge in [-0.1, -0.05) is 20.3 Å². The van der Waals surface area contributed by atoms with E-state index in [0.717, 1.165) is 12.8 Å². The van der Waals surface area contributed by atoms with E-state index in [0.29, 0.717) is 38.8 Å². The maximum Gasteiger partial charge on any atom is 0.475 e. The van der Waals surface area contributed by atoms with Crippen molar-refractivity contribution in [3.63, 3.8) is 0 Å². The molecule has 0 fully saturated rings. The summed E-state index contributed by atoms with van der Waals surface area (Å²) in [7, 11) is -0.132. The summed E-state index contributed by atoms with van der Waals surface area (Å²) in [6.45, 7) is 6.33. The molecule has 8 N–H and O–H groups in total. The minimum atomic E-state index is -1.69. The number of nitrogens with two attached hydrogens (primary N) is 1. The van der Waals surface area contributed by atoms with Crippen LogP contribution in [-0.4, -0.2) is 73.0 Å². The molecule has 3 amide bonds. The standard InChI is InChI=1S/C20H41BN6O5/c1-14(2)13-17(21(31)32)27-19(30)16(9-8-12-25-20(22)23-4)26-18(29)10-6-5-7-11-24-15(3)28/h14,16-17,31-32H,5-13H2,1-4H3,(H,24,28)(H,26,29)(H,27,30)(H3,22,23,25)/t16-,17-/m0/s1. The lowest BCUT2D eigenvalue weighted by molar-refractivity contribution is -0.129. The van der Waals surface area contributed by atoms with Crippen LogP contribution in [0.4, 0.5) is 0 Å². The first-order valence-electron chi connectivity index (χ1n) is 11.2. The van der Waals surface area contributed by atoms with Gasteiger partial charge in [0.15, 0.2) is 5.96 Å². The topological polar surface area (TPSA) is 178 Å². The van der Waals surface area contributed by atoms with Gasteiger partial charge >= 0.3 is 7.12 Å². The van der Waals surface area contributed by atoms with Crippen molar-refractivity contribution >= 4 is 30.8 Å². The van der Waals surface area contributed by atoms with Crippen molar-refractivity contribution < 1.29 is 24.4 Å². The van der Waals surface area contributed by atoms with Gasteiger partial charge in [-0.3, -0.25) is 19.4 Å². The number of guanidine groups is 1. The molecule has 2 atom stereocenters. The summed E-state index contributed by atoms with van der Waals surface area (Å²) in [6.07, 6.45) is 3.72. The molecule has 0 bridgehead atoms. The van der Waals surface area contributed by atoms with Gasteiger partial charge in [0.1, 0.15) is 6.04 Å². The second kappa shape index (κ2) is 17.2. The molecule has 0 spiro atoms. The summed E-state index contributed by atoms with van der Waals surface area (Å²) in [5.74, 6) is -1.18. The predicted octanol–water partition coefficient (Wildman–Crippen LogP) is -0.975. The van der Waals surface area contributed by atoms with E-state index in [1.807, 2.05) is 13.8 Å². The molecule has 184 valence electrons. The second-order valence-corrected chi connectivity index (χ2v) is 8.25. The van der Waals surface area contributed by atoms with E-state index in [9.17, 15) is 24.4 Å². The monoisotopic (exact) mass is 456 g/mol. The van der Waals surface area contributed by atoms with Gasteiger partial charge in [-0.05, 0) is 38.0 Å². The first-order chi connectivity index (χ1) is 15.1. The second-order valence-electron chi connectivity index (χ2n) is 8.25. The zero-order valence-electron chi connectivity index (χ0n) is 19.8. The summed E-state index contributed by atoms with van der Waals surface area (Å²) in [6, 6.07) is -0.808. The van der Waals surface area contributed by atoms with E-state index in [4.69, 9.17) is 5.73 Å². The molecule has 0 aromatic rings. The van der Waals surface area contributed by atoms with E-state index in [1.165, 1.54) is 6.92 Å². The summed E-state index contributed by atoms with van der Waals surface area (Å²) >= 11 is 0. The molecule has 0 heterocycles. The van der Waals surface area contributed by atoms with E-state index >= 15 is 0 Å². The van der Waals surface area contributed by atoms with E-state index in [-0.39, 0.29) is 30.1 Å². The number of nitrogens with zero attached hydrogens (tertiary/aromatic N) is 1. The molecule has 0 rings (SSSR count). The molecule has 0 aliphatic heterocycles. The van der Waals surface area contributed by atoms with E-state index in [1.54, 1.807) is 7.05 Å².